The van der Waals surface area contributed by atoms with Gasteiger partial charge in [0.1, 0.15) is 16.8 Å². The van der Waals surface area contributed by atoms with Gasteiger partial charge < -0.3 is 10.1 Å². The molecule has 6 heteroatoms. The van der Waals surface area contributed by atoms with Crippen molar-refractivity contribution in [1.29, 1.82) is 5.26 Å². The molecule has 2 aromatic rings. The third kappa shape index (κ3) is 4.42. The largest absolute Gasteiger partial charge is 0.483 e. The number of aryl methyl sites for hydroxylation is 1. The number of halogens is 1. The minimum absolute atomic E-state index is 0.0787. The minimum Gasteiger partial charge on any atom is -0.483 e. The highest BCUT2D eigenvalue weighted by Crippen LogP contribution is 2.39. The van der Waals surface area contributed by atoms with Crippen LogP contribution in [0.3, 0.4) is 0 Å². The summed E-state index contributed by atoms with van der Waals surface area (Å²) in [7, 11) is 0. The van der Waals surface area contributed by atoms with Crippen molar-refractivity contribution in [2.75, 3.05) is 11.9 Å². The number of thiophene rings is 1. The van der Waals surface area contributed by atoms with E-state index in [4.69, 9.17) is 4.74 Å². The van der Waals surface area contributed by atoms with Crippen molar-refractivity contribution < 1.29 is 9.53 Å². The normalized spacial score (nSPS) is 15.8. The van der Waals surface area contributed by atoms with Gasteiger partial charge in [-0.25, -0.2) is 0 Å². The molecule has 1 unspecified atom stereocenters. The Morgan fingerprint density at radius 3 is 2.89 bits per heavy atom. The van der Waals surface area contributed by atoms with E-state index in [-0.39, 0.29) is 18.4 Å². The molecule has 0 fully saturated rings. The van der Waals surface area contributed by atoms with Gasteiger partial charge in [-0.1, -0.05) is 36.7 Å². The first-order chi connectivity index (χ1) is 13.3. The van der Waals surface area contributed by atoms with Crippen molar-refractivity contribution in [3.63, 3.8) is 0 Å². The van der Waals surface area contributed by atoms with Gasteiger partial charge in [0.05, 0.1) is 5.56 Å². The van der Waals surface area contributed by atoms with Crippen molar-refractivity contribution in [1.82, 2.24) is 0 Å². The second-order valence-electron chi connectivity index (χ2n) is 7.80. The van der Waals surface area contributed by atoms with E-state index in [2.05, 4.69) is 54.2 Å². The van der Waals surface area contributed by atoms with Gasteiger partial charge in [0.15, 0.2) is 6.61 Å². The van der Waals surface area contributed by atoms with E-state index in [0.29, 0.717) is 16.5 Å². The molecule has 1 N–H and O–H groups in total. The first-order valence-corrected chi connectivity index (χ1v) is 11.2. The van der Waals surface area contributed by atoms with Gasteiger partial charge in [-0.15, -0.1) is 11.3 Å². The summed E-state index contributed by atoms with van der Waals surface area (Å²) >= 11 is 5.09. The molecule has 1 amide bonds. The van der Waals surface area contributed by atoms with Gasteiger partial charge in [0.2, 0.25) is 0 Å². The van der Waals surface area contributed by atoms with Crippen molar-refractivity contribution >= 4 is 38.2 Å². The van der Waals surface area contributed by atoms with Crippen LogP contribution in [0.5, 0.6) is 5.75 Å². The number of benzene rings is 1. The van der Waals surface area contributed by atoms with Crippen LogP contribution in [0.2, 0.25) is 0 Å². The molecule has 1 aromatic carbocycles. The standard InChI is InChI=1S/C22H25BrN2O2S/c1-12(2)16-9-18(23)14(4)8-19(16)27-11-21(26)25-22-17(10-24)15-6-5-13(3)7-20(15)28-22/h8-9,12-13H,5-7,11H2,1-4H3,(H,25,26). The van der Waals surface area contributed by atoms with Gasteiger partial charge in [-0.3, -0.25) is 4.79 Å². The fourth-order valence-electron chi connectivity index (χ4n) is 3.51. The summed E-state index contributed by atoms with van der Waals surface area (Å²) in [5, 5.41) is 13.1. The van der Waals surface area contributed by atoms with Crippen molar-refractivity contribution in [2.45, 2.75) is 52.9 Å². The molecular weight excluding hydrogens is 436 g/mol. The van der Waals surface area contributed by atoms with Crippen LogP contribution in [-0.4, -0.2) is 12.5 Å². The van der Waals surface area contributed by atoms with Gasteiger partial charge >= 0.3 is 0 Å². The number of ether oxygens (including phenoxy) is 1. The van der Waals surface area contributed by atoms with Crippen LogP contribution in [-0.2, 0) is 17.6 Å². The van der Waals surface area contributed by atoms with E-state index >= 15 is 0 Å². The number of nitrogens with zero attached hydrogens (tertiary/aromatic N) is 1. The summed E-state index contributed by atoms with van der Waals surface area (Å²) in [6.07, 6.45) is 2.99. The Morgan fingerprint density at radius 1 is 1.46 bits per heavy atom. The molecular formula is C22H25BrN2O2S. The van der Waals surface area contributed by atoms with Gasteiger partial charge in [0.25, 0.3) is 5.91 Å². The molecule has 148 valence electrons. The molecule has 1 aliphatic carbocycles. The summed E-state index contributed by atoms with van der Waals surface area (Å²) in [4.78, 5) is 13.7. The Labute approximate surface area is 179 Å². The maximum atomic E-state index is 12.5. The fraction of sp³-hybridized carbons (Fsp3) is 0.455. The molecule has 4 nitrogen and oxygen atoms in total. The Bertz CT molecular complexity index is 943. The molecule has 3 rings (SSSR count). The summed E-state index contributed by atoms with van der Waals surface area (Å²) in [6, 6.07) is 6.29. The highest BCUT2D eigenvalue weighted by Gasteiger charge is 2.24. The molecule has 28 heavy (non-hydrogen) atoms. The number of nitrogens with one attached hydrogen (secondary N) is 1. The lowest BCUT2D eigenvalue weighted by atomic mass is 9.89. The van der Waals surface area contributed by atoms with Gasteiger partial charge in [-0.05, 0) is 66.8 Å². The monoisotopic (exact) mass is 460 g/mol. The van der Waals surface area contributed by atoms with Crippen LogP contribution in [0, 0.1) is 24.2 Å². The number of hydrogen-bond donors (Lipinski definition) is 1. The van der Waals surface area contributed by atoms with Crippen molar-refractivity contribution in [3.8, 4) is 11.8 Å². The molecule has 1 atom stereocenters. The Morgan fingerprint density at radius 2 is 2.21 bits per heavy atom. The lowest BCUT2D eigenvalue weighted by Crippen LogP contribution is -2.20. The van der Waals surface area contributed by atoms with Gasteiger partial charge in [-0.2, -0.15) is 5.26 Å². The highest BCUT2D eigenvalue weighted by atomic mass is 79.9. The van der Waals surface area contributed by atoms with E-state index in [1.54, 1.807) is 0 Å². The van der Waals surface area contributed by atoms with Crippen LogP contribution in [0.1, 0.15) is 60.2 Å². The minimum atomic E-state index is -0.238. The topological polar surface area (TPSA) is 62.1 Å². The average Bonchev–Trinajstić information content (AvgIpc) is 2.97. The highest BCUT2D eigenvalue weighted by molar-refractivity contribution is 9.10. The second kappa shape index (κ2) is 8.67. The SMILES string of the molecule is Cc1cc(OCC(=O)Nc2sc3c(c2C#N)CCC(C)C3)c(C(C)C)cc1Br. The number of fused-ring (bicyclic) bond motifs is 1. The number of carbonyl (C=O) groups excluding carboxylic acids is 1. The third-order valence-corrected chi connectivity index (χ3v) is 7.17. The molecule has 1 heterocycles. The Kier molecular flexibility index (Phi) is 6.47. The number of anilines is 1. The zero-order valence-corrected chi connectivity index (χ0v) is 19.1. The van der Waals surface area contributed by atoms with E-state index in [1.807, 2.05) is 13.0 Å². The molecule has 0 saturated carbocycles. The average molecular weight is 461 g/mol. The Hall–Kier alpha value is -1.84. The predicted octanol–water partition coefficient (Wildman–Crippen LogP) is 5.96. The second-order valence-corrected chi connectivity index (χ2v) is 9.76. The summed E-state index contributed by atoms with van der Waals surface area (Å²) < 4.78 is 6.88. The van der Waals surface area contributed by atoms with Gasteiger partial charge in [0, 0.05) is 9.35 Å². The van der Waals surface area contributed by atoms with Crippen LogP contribution in [0.15, 0.2) is 16.6 Å². The fourth-order valence-corrected chi connectivity index (χ4v) is 5.25. The molecule has 0 radical (unpaired) electrons. The van der Waals surface area contributed by atoms with Crippen LogP contribution >= 0.6 is 27.3 Å². The lowest BCUT2D eigenvalue weighted by Gasteiger charge is -2.17. The van der Waals surface area contributed by atoms with Crippen molar-refractivity contribution in [2.24, 2.45) is 5.92 Å². The van der Waals surface area contributed by atoms with Crippen LogP contribution < -0.4 is 10.1 Å². The first-order valence-electron chi connectivity index (χ1n) is 9.57. The van der Waals surface area contributed by atoms with E-state index < -0.39 is 0 Å². The maximum Gasteiger partial charge on any atom is 0.262 e. The quantitative estimate of drug-likeness (QED) is 0.598. The molecule has 0 aliphatic heterocycles. The molecule has 0 saturated heterocycles. The predicted molar refractivity (Wildman–Crippen MR) is 117 cm³/mol. The number of carbonyl (C=O) groups is 1. The van der Waals surface area contributed by atoms with E-state index in [9.17, 15) is 10.1 Å². The molecule has 1 aliphatic rings. The molecule has 0 spiro atoms. The maximum absolute atomic E-state index is 12.5. The third-order valence-electron chi connectivity index (χ3n) is 5.15. The zero-order valence-electron chi connectivity index (χ0n) is 16.7. The summed E-state index contributed by atoms with van der Waals surface area (Å²) in [5.41, 5.74) is 3.87. The number of rotatable bonds is 5. The lowest BCUT2D eigenvalue weighted by molar-refractivity contribution is -0.118. The smallest absolute Gasteiger partial charge is 0.262 e. The number of hydrogen-bond acceptors (Lipinski definition) is 4. The van der Waals surface area contributed by atoms with Crippen molar-refractivity contribution in [3.05, 3.63) is 43.7 Å². The van der Waals surface area contributed by atoms with Crippen LogP contribution in [0.4, 0.5) is 5.00 Å². The van der Waals surface area contributed by atoms with E-state index in [1.165, 1.54) is 16.2 Å². The zero-order chi connectivity index (χ0) is 20.4. The summed E-state index contributed by atoms with van der Waals surface area (Å²) in [6.45, 7) is 8.34. The molecule has 0 bridgehead atoms. The number of nitriles is 1. The summed E-state index contributed by atoms with van der Waals surface area (Å²) in [5.74, 6) is 1.40. The van der Waals surface area contributed by atoms with E-state index in [0.717, 1.165) is 46.2 Å². The molecule has 1 aromatic heterocycles. The number of amides is 1. The first kappa shape index (κ1) is 20.9. The van der Waals surface area contributed by atoms with Crippen LogP contribution in [0.25, 0.3) is 0 Å². The Balaban J connectivity index is 1.73.